The molecular weight excluding hydrogens is 483 g/mol. The molecule has 6 rings (SSSR count). The van der Waals surface area contributed by atoms with Gasteiger partial charge in [-0.05, 0) is 49.1 Å². The Hall–Kier alpha value is -4.21. The molecule has 0 atom stereocenters. The number of anilines is 3. The molecule has 2 aliphatic rings. The molecule has 0 radical (unpaired) electrons. The lowest BCUT2D eigenvalue weighted by Gasteiger charge is -2.42. The van der Waals surface area contributed by atoms with E-state index in [4.69, 9.17) is 4.98 Å². The molecule has 0 unspecified atom stereocenters. The predicted octanol–water partition coefficient (Wildman–Crippen LogP) is 4.26. The summed E-state index contributed by atoms with van der Waals surface area (Å²) in [7, 11) is 1.91. The molecule has 1 fully saturated rings. The number of aromatic nitrogens is 5. The van der Waals surface area contributed by atoms with Crippen molar-refractivity contribution < 1.29 is 9.18 Å². The number of carbonyl (C=O) groups is 1. The maximum atomic E-state index is 14.0. The van der Waals surface area contributed by atoms with Gasteiger partial charge in [0.25, 0.3) is 5.91 Å². The highest BCUT2D eigenvalue weighted by molar-refractivity contribution is 5.94. The molecule has 1 amide bonds. The number of nitrogens with one attached hydrogen (secondary N) is 2. The maximum absolute atomic E-state index is 14.0. The lowest BCUT2D eigenvalue weighted by atomic mass is 9.98. The molecule has 1 saturated heterocycles. The highest BCUT2D eigenvalue weighted by atomic mass is 19.1. The van der Waals surface area contributed by atoms with E-state index in [9.17, 15) is 9.18 Å². The molecule has 0 bridgehead atoms. The fraction of sp³-hybridized carbons (Fsp3) is 0.357. The van der Waals surface area contributed by atoms with E-state index in [0.29, 0.717) is 18.2 Å². The number of rotatable bonds is 6. The summed E-state index contributed by atoms with van der Waals surface area (Å²) in [5.74, 6) is 1.32. The van der Waals surface area contributed by atoms with Gasteiger partial charge in [-0.2, -0.15) is 10.1 Å². The highest BCUT2D eigenvalue weighted by Gasteiger charge is 2.42. The molecule has 10 heteroatoms. The number of nitrogens with zero attached hydrogens (tertiary/aromatic N) is 6. The summed E-state index contributed by atoms with van der Waals surface area (Å²) >= 11 is 0. The number of alkyl halides is 1. The van der Waals surface area contributed by atoms with Crippen molar-refractivity contribution in [3.8, 4) is 11.1 Å². The zero-order valence-electron chi connectivity index (χ0n) is 21.8. The van der Waals surface area contributed by atoms with Crippen LogP contribution >= 0.6 is 0 Å². The number of H-pyrrole nitrogens is 1. The second-order valence-corrected chi connectivity index (χ2v) is 10.4. The predicted molar refractivity (Wildman–Crippen MR) is 144 cm³/mol. The van der Waals surface area contributed by atoms with E-state index < -0.39 is 5.67 Å². The lowest BCUT2D eigenvalue weighted by molar-refractivity contribution is -0.00847. The number of aromatic amines is 1. The number of aryl methyl sites for hydroxylation is 1. The van der Waals surface area contributed by atoms with Crippen LogP contribution < -0.4 is 10.2 Å². The van der Waals surface area contributed by atoms with Crippen molar-refractivity contribution in [3.05, 3.63) is 71.4 Å². The maximum Gasteiger partial charge on any atom is 0.270 e. The third-order valence-corrected chi connectivity index (χ3v) is 7.48. The normalized spacial score (nSPS) is 16.2. The minimum Gasteiger partial charge on any atom is -0.342 e. The van der Waals surface area contributed by atoms with E-state index in [1.807, 2.05) is 42.2 Å². The van der Waals surface area contributed by atoms with Crippen LogP contribution in [-0.4, -0.2) is 60.8 Å². The SMILES string of the molecule is CCc1cnc(N2CCc3cc(C(=O)N4CC(C)(F)C4)n(C)c3C2)nc1Nc1ccc(-c2cn[nH]c2)cc1. The van der Waals surface area contributed by atoms with Crippen LogP contribution in [0.2, 0.25) is 0 Å². The lowest BCUT2D eigenvalue weighted by Crippen LogP contribution is -2.59. The van der Waals surface area contributed by atoms with Crippen LogP contribution in [-0.2, 0) is 26.4 Å². The monoisotopic (exact) mass is 514 g/mol. The Labute approximate surface area is 220 Å². The Morgan fingerprint density at radius 3 is 2.66 bits per heavy atom. The number of carbonyl (C=O) groups excluding carboxylic acids is 1. The van der Waals surface area contributed by atoms with Crippen LogP contribution in [0.1, 0.15) is 41.2 Å². The van der Waals surface area contributed by atoms with Gasteiger partial charge in [0.1, 0.15) is 17.2 Å². The van der Waals surface area contributed by atoms with Gasteiger partial charge in [0, 0.05) is 48.5 Å². The molecule has 2 aliphatic heterocycles. The average molecular weight is 515 g/mol. The number of likely N-dealkylation sites (tertiary alicyclic amines) is 1. The number of halogens is 1. The Kier molecular flexibility index (Phi) is 5.89. The summed E-state index contributed by atoms with van der Waals surface area (Å²) in [4.78, 5) is 26.3. The van der Waals surface area contributed by atoms with E-state index in [2.05, 4.69) is 44.5 Å². The van der Waals surface area contributed by atoms with Crippen LogP contribution in [0.25, 0.3) is 11.1 Å². The minimum atomic E-state index is -1.28. The average Bonchev–Trinajstić information content (AvgIpc) is 3.56. The highest BCUT2D eigenvalue weighted by Crippen LogP contribution is 2.31. The molecular formula is C28H31FN8O. The van der Waals surface area contributed by atoms with Crippen LogP contribution in [0.15, 0.2) is 48.9 Å². The molecule has 5 heterocycles. The van der Waals surface area contributed by atoms with Gasteiger partial charge in [0.15, 0.2) is 0 Å². The molecule has 2 N–H and O–H groups in total. The first-order valence-corrected chi connectivity index (χ1v) is 12.9. The van der Waals surface area contributed by atoms with E-state index in [0.717, 1.165) is 58.8 Å². The van der Waals surface area contributed by atoms with Crippen LogP contribution in [0.5, 0.6) is 0 Å². The van der Waals surface area contributed by atoms with Crippen molar-refractivity contribution in [2.75, 3.05) is 29.9 Å². The molecule has 9 nitrogen and oxygen atoms in total. The Morgan fingerprint density at radius 1 is 1.18 bits per heavy atom. The van der Waals surface area contributed by atoms with Crippen molar-refractivity contribution in [2.45, 2.75) is 38.9 Å². The van der Waals surface area contributed by atoms with Gasteiger partial charge in [-0.25, -0.2) is 9.37 Å². The van der Waals surface area contributed by atoms with Crippen molar-refractivity contribution in [3.63, 3.8) is 0 Å². The van der Waals surface area contributed by atoms with Gasteiger partial charge in [-0.15, -0.1) is 0 Å². The first kappa shape index (κ1) is 24.1. The van der Waals surface area contributed by atoms with Gasteiger partial charge in [-0.1, -0.05) is 19.1 Å². The third kappa shape index (κ3) is 4.40. The molecule has 1 aromatic carbocycles. The zero-order valence-corrected chi connectivity index (χ0v) is 21.8. The van der Waals surface area contributed by atoms with Crippen LogP contribution in [0.3, 0.4) is 0 Å². The van der Waals surface area contributed by atoms with Crippen LogP contribution in [0.4, 0.5) is 21.8 Å². The fourth-order valence-electron chi connectivity index (χ4n) is 5.28. The third-order valence-electron chi connectivity index (χ3n) is 7.48. The van der Waals surface area contributed by atoms with Crippen LogP contribution in [0, 0.1) is 0 Å². The van der Waals surface area contributed by atoms with Crippen molar-refractivity contribution >= 4 is 23.4 Å². The molecule has 4 aromatic rings. The smallest absolute Gasteiger partial charge is 0.270 e. The molecule has 0 saturated carbocycles. The van der Waals surface area contributed by atoms with Crippen molar-refractivity contribution in [1.82, 2.24) is 29.6 Å². The van der Waals surface area contributed by atoms with E-state index in [1.54, 1.807) is 11.1 Å². The summed E-state index contributed by atoms with van der Waals surface area (Å²) in [6.07, 6.45) is 7.15. The minimum absolute atomic E-state index is 0.114. The first-order chi connectivity index (χ1) is 18.3. The molecule has 38 heavy (non-hydrogen) atoms. The topological polar surface area (TPSA) is 95.0 Å². The Bertz CT molecular complexity index is 1470. The second-order valence-electron chi connectivity index (χ2n) is 10.4. The summed E-state index contributed by atoms with van der Waals surface area (Å²) in [5, 5.41) is 10.3. The Morgan fingerprint density at radius 2 is 1.97 bits per heavy atom. The standard InChI is InChI=1S/C28H31FN8O/c1-4-18-12-30-27(34-25(18)33-22-7-5-19(6-8-22)21-13-31-32-14-21)36-10-9-20-11-23(35(3)24(20)15-36)26(38)37-16-28(2,29)17-37/h5-8,11-14H,4,9-10,15-17H2,1-3H3,(H,31,32)(H,30,33,34). The molecule has 0 spiro atoms. The van der Waals surface area contributed by atoms with Gasteiger partial charge in [0.2, 0.25) is 5.95 Å². The van der Waals surface area contributed by atoms with Crippen molar-refractivity contribution in [1.29, 1.82) is 0 Å². The quantitative estimate of drug-likeness (QED) is 0.399. The summed E-state index contributed by atoms with van der Waals surface area (Å²) in [5.41, 5.74) is 5.64. The van der Waals surface area contributed by atoms with Gasteiger partial charge in [-0.3, -0.25) is 9.89 Å². The van der Waals surface area contributed by atoms with Gasteiger partial charge in [0.05, 0.1) is 25.8 Å². The number of fused-ring (bicyclic) bond motifs is 1. The zero-order chi connectivity index (χ0) is 26.4. The van der Waals surface area contributed by atoms with E-state index in [1.165, 1.54) is 6.92 Å². The second kappa shape index (κ2) is 9.27. The Balaban J connectivity index is 1.21. The number of amides is 1. The summed E-state index contributed by atoms with van der Waals surface area (Å²) < 4.78 is 15.9. The molecule has 0 aliphatic carbocycles. The number of benzene rings is 1. The fourth-order valence-corrected chi connectivity index (χ4v) is 5.28. The van der Waals surface area contributed by atoms with Gasteiger partial charge < -0.3 is 19.7 Å². The summed E-state index contributed by atoms with van der Waals surface area (Å²) in [6.45, 7) is 5.27. The number of hydrogen-bond donors (Lipinski definition) is 2. The van der Waals surface area contributed by atoms with E-state index >= 15 is 0 Å². The first-order valence-electron chi connectivity index (χ1n) is 12.9. The molecule has 3 aromatic heterocycles. The van der Waals surface area contributed by atoms with Crippen molar-refractivity contribution in [2.24, 2.45) is 7.05 Å². The van der Waals surface area contributed by atoms with Gasteiger partial charge >= 0.3 is 0 Å². The van der Waals surface area contributed by atoms with E-state index in [-0.39, 0.29) is 19.0 Å². The largest absolute Gasteiger partial charge is 0.342 e. The molecule has 196 valence electrons. The number of hydrogen-bond acceptors (Lipinski definition) is 6. The summed E-state index contributed by atoms with van der Waals surface area (Å²) in [6, 6.07) is 10.1.